The Bertz CT molecular complexity index is 1940. The summed E-state index contributed by atoms with van der Waals surface area (Å²) in [5.74, 6) is 0.438. The summed E-state index contributed by atoms with van der Waals surface area (Å²) >= 11 is 0. The zero-order valence-electron chi connectivity index (χ0n) is 30.2. The first-order chi connectivity index (χ1) is 23.7. The monoisotopic (exact) mass is 722 g/mol. The first kappa shape index (κ1) is 36.0. The van der Waals surface area contributed by atoms with Crippen LogP contribution in [0, 0.1) is 5.92 Å². The van der Waals surface area contributed by atoms with Gasteiger partial charge in [0, 0.05) is 12.5 Å². The van der Waals surface area contributed by atoms with Crippen LogP contribution in [0.25, 0.3) is 0 Å². The summed E-state index contributed by atoms with van der Waals surface area (Å²) in [6.07, 6.45) is 1.33. The zero-order chi connectivity index (χ0) is 35.8. The normalized spacial score (nSPS) is 18.3. The molecule has 3 atom stereocenters. The predicted molar refractivity (Wildman–Crippen MR) is 210 cm³/mol. The number of fused-ring (bicyclic) bond motifs is 1. The van der Waals surface area contributed by atoms with Crippen LogP contribution < -0.4 is 30.6 Å². The maximum atomic E-state index is 15.0. The second-order valence-electron chi connectivity index (χ2n) is 15.5. The van der Waals surface area contributed by atoms with Gasteiger partial charge in [-0.05, 0) is 30.8 Å². The first-order valence-electron chi connectivity index (χ1n) is 17.4. The van der Waals surface area contributed by atoms with Gasteiger partial charge in [0.2, 0.25) is 5.88 Å². The van der Waals surface area contributed by atoms with E-state index < -0.39 is 26.5 Å². The summed E-state index contributed by atoms with van der Waals surface area (Å²) in [5, 5.41) is 15.6. The number of nitrogens with zero attached hydrogens (tertiary/aromatic N) is 3. The smallest absolute Gasteiger partial charge is 0.262 e. The SMILES string of the molecule is CC1Cn2ncc(S(N)(=O)=N[Si](c3ccccc3)(c3ccccc3)C(C)(C)C)c2OC[C@@H]1O[Si](c1ccccc1)(c1ccccc1)C(C)(C)C. The van der Waals surface area contributed by atoms with Crippen LogP contribution in [0.3, 0.4) is 0 Å². The number of ether oxygens (including phenoxy) is 1. The van der Waals surface area contributed by atoms with E-state index in [1.54, 1.807) is 10.9 Å². The van der Waals surface area contributed by atoms with Crippen LogP contribution in [0.5, 0.6) is 5.88 Å². The largest absolute Gasteiger partial charge is 0.474 e. The fraction of sp³-hybridized carbons (Fsp3) is 0.325. The molecule has 0 amide bonds. The molecule has 7 nitrogen and oxygen atoms in total. The molecule has 1 aliphatic heterocycles. The Morgan fingerprint density at radius 1 is 0.760 bits per heavy atom. The summed E-state index contributed by atoms with van der Waals surface area (Å²) in [4.78, 5) is 0.323. The highest BCUT2D eigenvalue weighted by Gasteiger charge is 2.53. The van der Waals surface area contributed by atoms with Crippen LogP contribution in [-0.4, -0.2) is 43.3 Å². The first-order valence-corrected chi connectivity index (χ1v) is 22.8. The molecule has 4 aromatic carbocycles. The zero-order valence-corrected chi connectivity index (χ0v) is 33.1. The van der Waals surface area contributed by atoms with Gasteiger partial charge >= 0.3 is 0 Å². The van der Waals surface area contributed by atoms with Gasteiger partial charge < -0.3 is 9.16 Å². The predicted octanol–water partition coefficient (Wildman–Crippen LogP) is 6.12. The number of nitrogens with two attached hydrogens (primary N) is 1. The van der Waals surface area contributed by atoms with Crippen LogP contribution >= 0.6 is 0 Å². The van der Waals surface area contributed by atoms with Gasteiger partial charge in [-0.25, -0.2) is 18.1 Å². The van der Waals surface area contributed by atoms with Crippen LogP contribution in [0.2, 0.25) is 10.1 Å². The van der Waals surface area contributed by atoms with E-state index in [2.05, 4.69) is 133 Å². The molecule has 0 saturated heterocycles. The fourth-order valence-corrected chi connectivity index (χ4v) is 20.3. The topological polar surface area (TPSA) is 91.7 Å². The van der Waals surface area contributed by atoms with E-state index in [9.17, 15) is 0 Å². The lowest BCUT2D eigenvalue weighted by molar-refractivity contribution is 0.0827. The lowest BCUT2D eigenvalue weighted by Crippen LogP contribution is -2.68. The average molecular weight is 723 g/mol. The second-order valence-corrected chi connectivity index (χ2v) is 26.1. The van der Waals surface area contributed by atoms with Crippen LogP contribution in [0.1, 0.15) is 48.5 Å². The van der Waals surface area contributed by atoms with E-state index in [1.807, 2.05) is 36.4 Å². The summed E-state index contributed by atoms with van der Waals surface area (Å²) in [6, 6.07) is 41.7. The Kier molecular flexibility index (Phi) is 9.88. The second kappa shape index (κ2) is 13.7. The molecule has 5 aromatic rings. The molecule has 50 heavy (non-hydrogen) atoms. The highest BCUT2D eigenvalue weighted by atomic mass is 32.2. The van der Waals surface area contributed by atoms with E-state index in [0.29, 0.717) is 17.3 Å². The van der Waals surface area contributed by atoms with Crippen LogP contribution in [-0.2, 0) is 20.9 Å². The van der Waals surface area contributed by atoms with Gasteiger partial charge in [0.05, 0.1) is 12.3 Å². The minimum atomic E-state index is -3.49. The highest BCUT2D eigenvalue weighted by molar-refractivity contribution is 7.92. The molecule has 6 rings (SSSR count). The minimum Gasteiger partial charge on any atom is -0.474 e. The Morgan fingerprint density at radius 3 is 1.62 bits per heavy atom. The number of benzene rings is 4. The van der Waals surface area contributed by atoms with Gasteiger partial charge in [0.1, 0.15) is 21.4 Å². The summed E-state index contributed by atoms with van der Waals surface area (Å²) in [7, 11) is -9.50. The molecule has 0 spiro atoms. The third-order valence-electron chi connectivity index (χ3n) is 10.0. The average Bonchev–Trinajstić information content (AvgIpc) is 3.44. The molecule has 2 unspecified atom stereocenters. The number of rotatable bonds is 8. The van der Waals surface area contributed by atoms with Crippen molar-refractivity contribution < 1.29 is 13.4 Å². The maximum absolute atomic E-state index is 15.0. The van der Waals surface area contributed by atoms with Gasteiger partial charge in [-0.3, -0.25) is 0 Å². The van der Waals surface area contributed by atoms with Crippen molar-refractivity contribution in [1.82, 2.24) is 9.78 Å². The summed E-state index contributed by atoms with van der Waals surface area (Å²) < 4.78 is 36.3. The Hall–Kier alpha value is -3.81. The third-order valence-corrected chi connectivity index (χ3v) is 22.7. The van der Waals surface area contributed by atoms with Crippen molar-refractivity contribution >= 4 is 47.2 Å². The molecule has 0 aliphatic carbocycles. The van der Waals surface area contributed by atoms with E-state index >= 15 is 4.21 Å². The molecular weight excluding hydrogens is 673 g/mol. The van der Waals surface area contributed by atoms with Crippen molar-refractivity contribution in [1.29, 1.82) is 0 Å². The van der Waals surface area contributed by atoms with Gasteiger partial charge in [-0.2, -0.15) is 5.10 Å². The molecule has 1 aliphatic rings. The van der Waals surface area contributed by atoms with Gasteiger partial charge in [-0.1, -0.05) is 170 Å². The Balaban J connectivity index is 1.44. The van der Waals surface area contributed by atoms with Crippen molar-refractivity contribution in [2.45, 2.75) is 76.1 Å². The fourth-order valence-electron chi connectivity index (χ4n) is 7.50. The minimum absolute atomic E-state index is 0.0353. The summed E-state index contributed by atoms with van der Waals surface area (Å²) in [5.41, 5.74) is 0. The van der Waals surface area contributed by atoms with E-state index in [0.717, 1.165) is 10.4 Å². The molecule has 0 bridgehead atoms. The van der Waals surface area contributed by atoms with Gasteiger partial charge in [-0.15, -0.1) is 0 Å². The van der Waals surface area contributed by atoms with E-state index in [-0.39, 0.29) is 28.7 Å². The molecule has 262 valence electrons. The molecule has 0 fully saturated rings. The maximum Gasteiger partial charge on any atom is 0.262 e. The molecule has 1 aromatic heterocycles. The standard InChI is InChI=1S/C40H50N4O3SSi2/c1-31-29-44-38(46-30-36(31)47-50(40(5,6)7,34-24-16-10-17-25-34)35-26-18-11-19-27-35)37(28-42-44)48(41,45)43-49(39(2,3)4,32-20-12-8-13-21-32)33-22-14-9-15-23-33/h8-28,31,36H,29-30H2,1-7H3,(H2,41,43,45)/t31?,36-,48?/m0/s1. The number of hydrogen-bond acceptors (Lipinski definition) is 5. The van der Waals surface area contributed by atoms with E-state index in [4.69, 9.17) is 23.4 Å². The van der Waals surface area contributed by atoms with Gasteiger partial charge in [0.25, 0.3) is 16.6 Å². The van der Waals surface area contributed by atoms with Crippen molar-refractivity contribution in [2.75, 3.05) is 6.61 Å². The van der Waals surface area contributed by atoms with E-state index in [1.165, 1.54) is 10.4 Å². The Morgan fingerprint density at radius 2 is 1.20 bits per heavy atom. The van der Waals surface area contributed by atoms with Gasteiger partial charge in [0.15, 0.2) is 0 Å². The van der Waals surface area contributed by atoms with Crippen molar-refractivity contribution in [3.8, 4) is 5.88 Å². The molecule has 0 radical (unpaired) electrons. The van der Waals surface area contributed by atoms with Crippen molar-refractivity contribution in [3.63, 3.8) is 0 Å². The lowest BCUT2D eigenvalue weighted by atomic mass is 10.1. The highest BCUT2D eigenvalue weighted by Crippen LogP contribution is 2.41. The third kappa shape index (κ3) is 6.44. The van der Waals surface area contributed by atoms with Crippen molar-refractivity contribution in [3.05, 3.63) is 128 Å². The lowest BCUT2D eigenvalue weighted by Gasteiger charge is -2.45. The quantitative estimate of drug-likeness (QED) is 0.196. The molecular formula is C40H50N4O3SSi2. The Labute approximate surface area is 300 Å². The molecule has 2 heterocycles. The molecule has 2 N–H and O–H groups in total. The number of aromatic nitrogens is 2. The summed E-state index contributed by atoms with van der Waals surface area (Å²) in [6.45, 7) is 16.3. The van der Waals surface area contributed by atoms with Crippen LogP contribution in [0.4, 0.5) is 0 Å². The molecule has 10 heteroatoms. The number of hydrogen-bond donors (Lipinski definition) is 1. The van der Waals surface area contributed by atoms with Crippen molar-refractivity contribution in [2.24, 2.45) is 15.1 Å². The van der Waals surface area contributed by atoms with Crippen LogP contribution in [0.15, 0.2) is 136 Å². The molecule has 0 saturated carbocycles.